The van der Waals surface area contributed by atoms with Crippen molar-refractivity contribution in [3.05, 3.63) is 59.7 Å². The van der Waals surface area contributed by atoms with Gasteiger partial charge in [0.2, 0.25) is 0 Å². The molecule has 1 aromatic carbocycles. The molecule has 8 heteroatoms. The Bertz CT molecular complexity index is 693. The number of halogens is 4. The minimum Gasteiger partial charge on any atom is -0.385 e. The van der Waals surface area contributed by atoms with E-state index in [0.29, 0.717) is 5.56 Å². The Balaban J connectivity index is 1.88. The Morgan fingerprint density at radius 3 is 2.29 bits per heavy atom. The molecule has 3 rings (SSSR count). The molecule has 2 N–H and O–H groups in total. The third-order valence-corrected chi connectivity index (χ3v) is 4.17. The molecule has 1 unspecified atom stereocenters. The summed E-state index contributed by atoms with van der Waals surface area (Å²) < 4.78 is 52.0. The van der Waals surface area contributed by atoms with Crippen LogP contribution in [0.3, 0.4) is 0 Å². The molecule has 1 aromatic heterocycles. The van der Waals surface area contributed by atoms with E-state index in [9.17, 15) is 22.7 Å². The standard InChI is InChI=1S/C16H15F4N3O/c17-14-6-15(24,5-13(23-14)10-7-21-9-22-8-10)11-1-3-12(4-2-11)16(18,19)20/h1-4,7-9,13-14,23-24H,5-6H2/t13-,14+,15?/m0/s1. The second-order valence-corrected chi connectivity index (χ2v) is 5.87. The van der Waals surface area contributed by atoms with E-state index in [4.69, 9.17) is 0 Å². The molecule has 4 nitrogen and oxygen atoms in total. The van der Waals surface area contributed by atoms with Crippen LogP contribution in [0.15, 0.2) is 43.0 Å². The van der Waals surface area contributed by atoms with Gasteiger partial charge < -0.3 is 5.11 Å². The normalized spacial score (nSPS) is 27.9. The zero-order valence-electron chi connectivity index (χ0n) is 12.5. The van der Waals surface area contributed by atoms with Crippen LogP contribution in [0.5, 0.6) is 0 Å². The topological polar surface area (TPSA) is 58.0 Å². The van der Waals surface area contributed by atoms with Crippen molar-refractivity contribution in [2.24, 2.45) is 0 Å². The zero-order valence-corrected chi connectivity index (χ0v) is 12.5. The van der Waals surface area contributed by atoms with E-state index in [1.165, 1.54) is 30.9 Å². The molecule has 0 saturated carbocycles. The third-order valence-electron chi connectivity index (χ3n) is 4.17. The molecule has 0 bridgehead atoms. The Kier molecular flexibility index (Phi) is 4.27. The van der Waals surface area contributed by atoms with Gasteiger partial charge in [0, 0.05) is 36.8 Å². The molecule has 24 heavy (non-hydrogen) atoms. The quantitative estimate of drug-likeness (QED) is 0.651. The number of hydrogen-bond donors (Lipinski definition) is 2. The smallest absolute Gasteiger partial charge is 0.385 e. The average Bonchev–Trinajstić information content (AvgIpc) is 2.54. The minimum atomic E-state index is -4.46. The minimum absolute atomic E-state index is 0.103. The van der Waals surface area contributed by atoms with Gasteiger partial charge in [0.05, 0.1) is 11.2 Å². The van der Waals surface area contributed by atoms with E-state index in [2.05, 4.69) is 15.3 Å². The lowest BCUT2D eigenvalue weighted by Crippen LogP contribution is -2.46. The summed E-state index contributed by atoms with van der Waals surface area (Å²) in [6.07, 6.45) is -1.75. The molecule has 1 saturated heterocycles. The van der Waals surface area contributed by atoms with E-state index in [1.807, 2.05) is 0 Å². The van der Waals surface area contributed by atoms with Gasteiger partial charge in [0.25, 0.3) is 0 Å². The maximum atomic E-state index is 14.1. The van der Waals surface area contributed by atoms with Gasteiger partial charge in [0.1, 0.15) is 6.33 Å². The fraction of sp³-hybridized carbons (Fsp3) is 0.375. The highest BCUT2D eigenvalue weighted by Crippen LogP contribution is 2.41. The summed E-state index contributed by atoms with van der Waals surface area (Å²) in [6.45, 7) is 0. The van der Waals surface area contributed by atoms with Crippen LogP contribution in [0.25, 0.3) is 0 Å². The second-order valence-electron chi connectivity index (χ2n) is 5.87. The van der Waals surface area contributed by atoms with Crippen molar-refractivity contribution < 1.29 is 22.7 Å². The van der Waals surface area contributed by atoms with Crippen molar-refractivity contribution >= 4 is 0 Å². The summed E-state index contributed by atoms with van der Waals surface area (Å²) in [5.74, 6) is 0. The SMILES string of the molecule is OC1(c2ccc(C(F)(F)F)cc2)C[C@@H](c2cncnc2)N[C@@H](F)C1. The van der Waals surface area contributed by atoms with Gasteiger partial charge in [-0.3, -0.25) is 5.32 Å². The molecule has 0 radical (unpaired) electrons. The molecule has 0 amide bonds. The number of rotatable bonds is 2. The van der Waals surface area contributed by atoms with E-state index in [0.717, 1.165) is 12.1 Å². The first-order valence-electron chi connectivity index (χ1n) is 7.33. The largest absolute Gasteiger partial charge is 0.416 e. The Morgan fingerprint density at radius 2 is 1.71 bits per heavy atom. The summed E-state index contributed by atoms with van der Waals surface area (Å²) in [5, 5.41) is 13.5. The molecular weight excluding hydrogens is 326 g/mol. The summed E-state index contributed by atoms with van der Waals surface area (Å²) >= 11 is 0. The van der Waals surface area contributed by atoms with Crippen LogP contribution in [-0.2, 0) is 11.8 Å². The summed E-state index contributed by atoms with van der Waals surface area (Å²) in [5.41, 5.74) is -1.53. The Morgan fingerprint density at radius 1 is 1.08 bits per heavy atom. The van der Waals surface area contributed by atoms with Crippen LogP contribution in [0.1, 0.15) is 35.6 Å². The second kappa shape index (κ2) is 6.10. The fourth-order valence-corrected chi connectivity index (χ4v) is 2.96. The Labute approximate surface area is 135 Å². The average molecular weight is 341 g/mol. The molecule has 1 aliphatic heterocycles. The lowest BCUT2D eigenvalue weighted by molar-refractivity contribution is -0.137. The van der Waals surface area contributed by atoms with Gasteiger partial charge >= 0.3 is 6.18 Å². The summed E-state index contributed by atoms with van der Waals surface area (Å²) in [7, 11) is 0. The monoisotopic (exact) mass is 341 g/mol. The highest BCUT2D eigenvalue weighted by Gasteiger charge is 2.41. The van der Waals surface area contributed by atoms with Crippen LogP contribution >= 0.6 is 0 Å². The molecule has 1 aliphatic rings. The molecule has 1 fully saturated rings. The number of hydrogen-bond acceptors (Lipinski definition) is 4. The number of aliphatic hydroxyl groups is 1. The molecular formula is C16H15F4N3O. The maximum Gasteiger partial charge on any atom is 0.416 e. The third kappa shape index (κ3) is 3.39. The first-order chi connectivity index (χ1) is 11.3. The fourth-order valence-electron chi connectivity index (χ4n) is 2.96. The van der Waals surface area contributed by atoms with Crippen LogP contribution in [0, 0.1) is 0 Å². The van der Waals surface area contributed by atoms with Gasteiger partial charge in [-0.2, -0.15) is 13.2 Å². The molecule has 0 spiro atoms. The van der Waals surface area contributed by atoms with Crippen molar-refractivity contribution in [1.82, 2.24) is 15.3 Å². The van der Waals surface area contributed by atoms with Crippen LogP contribution in [0.4, 0.5) is 17.6 Å². The lowest BCUT2D eigenvalue weighted by Gasteiger charge is -2.39. The highest BCUT2D eigenvalue weighted by molar-refractivity contribution is 5.30. The van der Waals surface area contributed by atoms with Gasteiger partial charge in [-0.1, -0.05) is 12.1 Å². The number of alkyl halides is 4. The number of nitrogens with one attached hydrogen (secondary N) is 1. The highest BCUT2D eigenvalue weighted by atomic mass is 19.4. The van der Waals surface area contributed by atoms with Crippen LogP contribution < -0.4 is 5.32 Å². The van der Waals surface area contributed by atoms with E-state index in [-0.39, 0.29) is 18.4 Å². The number of aromatic nitrogens is 2. The molecule has 0 aliphatic carbocycles. The summed E-state index contributed by atoms with van der Waals surface area (Å²) in [6, 6.07) is 3.63. The zero-order chi connectivity index (χ0) is 17.4. The van der Waals surface area contributed by atoms with Gasteiger partial charge in [-0.25, -0.2) is 14.4 Å². The summed E-state index contributed by atoms with van der Waals surface area (Å²) in [4.78, 5) is 7.73. The number of piperidine rings is 1. The van der Waals surface area contributed by atoms with E-state index in [1.54, 1.807) is 0 Å². The Hall–Kier alpha value is -2.06. The molecule has 2 aromatic rings. The van der Waals surface area contributed by atoms with Crippen molar-refractivity contribution in [3.8, 4) is 0 Å². The van der Waals surface area contributed by atoms with E-state index >= 15 is 0 Å². The van der Waals surface area contributed by atoms with Crippen molar-refractivity contribution in [3.63, 3.8) is 0 Å². The van der Waals surface area contributed by atoms with Crippen molar-refractivity contribution in [1.29, 1.82) is 0 Å². The predicted octanol–water partition coefficient (Wildman–Crippen LogP) is 3.10. The molecule has 2 heterocycles. The molecule has 3 atom stereocenters. The van der Waals surface area contributed by atoms with Gasteiger partial charge in [0.15, 0.2) is 6.30 Å². The maximum absolute atomic E-state index is 14.1. The predicted molar refractivity (Wildman–Crippen MR) is 77.4 cm³/mol. The van der Waals surface area contributed by atoms with Crippen molar-refractivity contribution in [2.75, 3.05) is 0 Å². The van der Waals surface area contributed by atoms with Crippen LogP contribution in [0.2, 0.25) is 0 Å². The van der Waals surface area contributed by atoms with Crippen molar-refractivity contribution in [2.45, 2.75) is 37.0 Å². The van der Waals surface area contributed by atoms with Crippen LogP contribution in [-0.4, -0.2) is 21.4 Å². The first-order valence-corrected chi connectivity index (χ1v) is 7.33. The lowest BCUT2D eigenvalue weighted by atomic mass is 9.79. The van der Waals surface area contributed by atoms with E-state index < -0.39 is 29.7 Å². The van der Waals surface area contributed by atoms with Gasteiger partial charge in [-0.05, 0) is 17.7 Å². The van der Waals surface area contributed by atoms with Gasteiger partial charge in [-0.15, -0.1) is 0 Å². The number of benzene rings is 1. The first kappa shape index (κ1) is 16.8. The number of nitrogens with zero attached hydrogens (tertiary/aromatic N) is 2. The molecule has 128 valence electrons.